The predicted molar refractivity (Wildman–Crippen MR) is 137 cm³/mol. The van der Waals surface area contributed by atoms with E-state index < -0.39 is 11.6 Å². The number of nitrogens with zero attached hydrogens (tertiary/aromatic N) is 6. The van der Waals surface area contributed by atoms with Gasteiger partial charge in [0.2, 0.25) is 5.95 Å². The first-order chi connectivity index (χ1) is 17.8. The van der Waals surface area contributed by atoms with Gasteiger partial charge in [-0.15, -0.1) is 0 Å². The molecule has 1 aliphatic heterocycles. The van der Waals surface area contributed by atoms with Gasteiger partial charge in [0.25, 0.3) is 0 Å². The standard InChI is InChI=1S/C26H30F2N8O/c1-15(2)36-16(3)32-25-20(27)8-18(9-22(25)36)24-21(28)12-31-26(34-24)33-23-5-4-17(10-30-23)13-35-7-6-29-11-19(35)14-37/h4-5,8-10,12,15,19,29,37H,6-7,11,13-14H2,1-3H3,(H,30,31,33,34)/t19-/m1/s1. The fourth-order valence-electron chi connectivity index (χ4n) is 4.82. The van der Waals surface area contributed by atoms with Crippen molar-refractivity contribution in [3.05, 3.63) is 59.7 Å². The van der Waals surface area contributed by atoms with E-state index >= 15 is 0 Å². The Bertz CT molecular complexity index is 1410. The summed E-state index contributed by atoms with van der Waals surface area (Å²) in [4.78, 5) is 19.4. The number of hydrogen-bond donors (Lipinski definition) is 3. The lowest BCUT2D eigenvalue weighted by Gasteiger charge is -2.35. The molecule has 1 fully saturated rings. The van der Waals surface area contributed by atoms with E-state index in [1.165, 1.54) is 6.07 Å². The van der Waals surface area contributed by atoms with Crippen molar-refractivity contribution < 1.29 is 13.9 Å². The van der Waals surface area contributed by atoms with E-state index in [0.717, 1.165) is 31.4 Å². The number of nitrogens with one attached hydrogen (secondary N) is 2. The van der Waals surface area contributed by atoms with Gasteiger partial charge in [-0.05, 0) is 44.5 Å². The topological polar surface area (TPSA) is 104 Å². The van der Waals surface area contributed by atoms with Crippen molar-refractivity contribution in [3.63, 3.8) is 0 Å². The van der Waals surface area contributed by atoms with Crippen LogP contribution in [0.4, 0.5) is 20.5 Å². The SMILES string of the molecule is Cc1nc2c(F)cc(-c3nc(Nc4ccc(CN5CCNC[C@@H]5CO)cn4)ncc3F)cc2n1C(C)C. The molecule has 9 nitrogen and oxygen atoms in total. The van der Waals surface area contributed by atoms with Crippen LogP contribution in [-0.4, -0.2) is 66.8 Å². The van der Waals surface area contributed by atoms with Gasteiger partial charge in [0, 0.05) is 50.0 Å². The molecule has 4 heterocycles. The Kier molecular flexibility index (Phi) is 7.09. The monoisotopic (exact) mass is 508 g/mol. The molecule has 3 aromatic heterocycles. The number of imidazole rings is 1. The first-order valence-electron chi connectivity index (χ1n) is 12.3. The maximum atomic E-state index is 14.9. The molecule has 0 bridgehead atoms. The highest BCUT2D eigenvalue weighted by atomic mass is 19.1. The second-order valence-electron chi connectivity index (χ2n) is 9.53. The molecule has 0 unspecified atom stereocenters. The third kappa shape index (κ3) is 5.15. The first-order valence-corrected chi connectivity index (χ1v) is 12.3. The summed E-state index contributed by atoms with van der Waals surface area (Å²) in [7, 11) is 0. The van der Waals surface area contributed by atoms with Crippen LogP contribution in [0.25, 0.3) is 22.3 Å². The summed E-state index contributed by atoms with van der Waals surface area (Å²) in [6.07, 6.45) is 2.81. The van der Waals surface area contributed by atoms with Gasteiger partial charge in [-0.1, -0.05) is 6.07 Å². The number of aliphatic hydroxyl groups is 1. The van der Waals surface area contributed by atoms with Crippen molar-refractivity contribution in [1.29, 1.82) is 0 Å². The number of fused-ring (bicyclic) bond motifs is 1. The number of anilines is 2. The molecule has 0 radical (unpaired) electrons. The fourth-order valence-corrected chi connectivity index (χ4v) is 4.82. The smallest absolute Gasteiger partial charge is 0.229 e. The van der Waals surface area contributed by atoms with Crippen molar-refractivity contribution in [1.82, 2.24) is 34.7 Å². The van der Waals surface area contributed by atoms with Crippen molar-refractivity contribution in [2.75, 3.05) is 31.6 Å². The minimum Gasteiger partial charge on any atom is -0.395 e. The van der Waals surface area contributed by atoms with Crippen molar-refractivity contribution in [2.24, 2.45) is 0 Å². The van der Waals surface area contributed by atoms with E-state index in [1.54, 1.807) is 18.3 Å². The molecule has 5 rings (SSSR count). The molecule has 1 saturated heterocycles. The number of pyridine rings is 1. The number of halogens is 2. The van der Waals surface area contributed by atoms with Gasteiger partial charge in [-0.25, -0.2) is 28.7 Å². The van der Waals surface area contributed by atoms with Crippen LogP contribution in [0.3, 0.4) is 0 Å². The molecule has 3 N–H and O–H groups in total. The summed E-state index contributed by atoms with van der Waals surface area (Å²) in [5.74, 6) is 0.135. The number of aromatic nitrogens is 5. The normalized spacial score (nSPS) is 16.6. The zero-order valence-electron chi connectivity index (χ0n) is 21.0. The van der Waals surface area contributed by atoms with Crippen LogP contribution >= 0.6 is 0 Å². The van der Waals surface area contributed by atoms with E-state index in [2.05, 4.69) is 35.5 Å². The summed E-state index contributed by atoms with van der Waals surface area (Å²) >= 11 is 0. The minimum atomic E-state index is -0.658. The average Bonchev–Trinajstić information content (AvgIpc) is 3.23. The zero-order chi connectivity index (χ0) is 26.1. The van der Waals surface area contributed by atoms with Gasteiger partial charge in [0.1, 0.15) is 22.9 Å². The summed E-state index contributed by atoms with van der Waals surface area (Å²) in [5, 5.41) is 15.9. The van der Waals surface area contributed by atoms with Gasteiger partial charge in [-0.3, -0.25) is 4.90 Å². The van der Waals surface area contributed by atoms with Gasteiger partial charge < -0.3 is 20.3 Å². The Labute approximate surface area is 213 Å². The third-order valence-corrected chi connectivity index (χ3v) is 6.59. The molecule has 194 valence electrons. The fraction of sp³-hybridized carbons (Fsp3) is 0.385. The Morgan fingerprint density at radius 3 is 2.70 bits per heavy atom. The van der Waals surface area contributed by atoms with Crippen LogP contribution in [0.1, 0.15) is 31.3 Å². The van der Waals surface area contributed by atoms with Crippen LogP contribution in [0.2, 0.25) is 0 Å². The van der Waals surface area contributed by atoms with E-state index in [1.807, 2.05) is 31.4 Å². The van der Waals surface area contributed by atoms with Gasteiger partial charge in [0.05, 0.1) is 18.3 Å². The second kappa shape index (κ2) is 10.4. The van der Waals surface area contributed by atoms with E-state index in [-0.39, 0.29) is 35.8 Å². The lowest BCUT2D eigenvalue weighted by molar-refractivity contribution is 0.0945. The number of aryl methyl sites for hydroxylation is 1. The van der Waals surface area contributed by atoms with Gasteiger partial charge in [0.15, 0.2) is 11.6 Å². The molecule has 11 heteroatoms. The van der Waals surface area contributed by atoms with Crippen molar-refractivity contribution in [3.8, 4) is 11.3 Å². The molecule has 0 saturated carbocycles. The zero-order valence-corrected chi connectivity index (χ0v) is 21.0. The number of aliphatic hydroxyl groups excluding tert-OH is 1. The lowest BCUT2D eigenvalue weighted by atomic mass is 10.1. The summed E-state index contributed by atoms with van der Waals surface area (Å²) in [5.41, 5.74) is 2.12. The molecular weight excluding hydrogens is 478 g/mol. The summed E-state index contributed by atoms with van der Waals surface area (Å²) in [6.45, 7) is 9.05. The van der Waals surface area contributed by atoms with Crippen LogP contribution in [0, 0.1) is 18.6 Å². The number of hydrogen-bond acceptors (Lipinski definition) is 8. The summed E-state index contributed by atoms with van der Waals surface area (Å²) < 4.78 is 31.6. The van der Waals surface area contributed by atoms with E-state index in [4.69, 9.17) is 0 Å². The second-order valence-corrected chi connectivity index (χ2v) is 9.53. The Balaban J connectivity index is 1.38. The number of rotatable bonds is 7. The maximum Gasteiger partial charge on any atom is 0.229 e. The van der Waals surface area contributed by atoms with Gasteiger partial charge >= 0.3 is 0 Å². The largest absolute Gasteiger partial charge is 0.395 e. The highest BCUT2D eigenvalue weighted by Gasteiger charge is 2.22. The van der Waals surface area contributed by atoms with Crippen molar-refractivity contribution >= 4 is 22.8 Å². The molecule has 0 spiro atoms. The predicted octanol–water partition coefficient (Wildman–Crippen LogP) is 3.57. The van der Waals surface area contributed by atoms with Gasteiger partial charge in [-0.2, -0.15) is 0 Å². The molecule has 37 heavy (non-hydrogen) atoms. The molecule has 4 aromatic rings. The molecule has 1 atom stereocenters. The number of benzene rings is 1. The quantitative estimate of drug-likeness (QED) is 0.348. The Hall–Kier alpha value is -3.54. The summed E-state index contributed by atoms with van der Waals surface area (Å²) in [6, 6.07) is 6.82. The van der Waals surface area contributed by atoms with Crippen LogP contribution in [0.15, 0.2) is 36.7 Å². The number of piperazine rings is 1. The average molecular weight is 509 g/mol. The maximum absolute atomic E-state index is 14.9. The van der Waals surface area contributed by atoms with Crippen LogP contribution < -0.4 is 10.6 Å². The molecule has 0 amide bonds. The van der Waals surface area contributed by atoms with Crippen LogP contribution in [-0.2, 0) is 6.54 Å². The molecule has 1 aromatic carbocycles. The molecule has 1 aliphatic rings. The highest BCUT2D eigenvalue weighted by Crippen LogP contribution is 2.30. The highest BCUT2D eigenvalue weighted by molar-refractivity contribution is 5.83. The Morgan fingerprint density at radius 2 is 1.97 bits per heavy atom. The molecule has 0 aliphatic carbocycles. The van der Waals surface area contributed by atoms with E-state index in [9.17, 15) is 13.9 Å². The van der Waals surface area contributed by atoms with Crippen LogP contribution in [0.5, 0.6) is 0 Å². The first kappa shape index (κ1) is 25.1. The third-order valence-electron chi connectivity index (χ3n) is 6.59. The lowest BCUT2D eigenvalue weighted by Crippen LogP contribution is -2.52. The van der Waals surface area contributed by atoms with Crippen molar-refractivity contribution in [2.45, 2.75) is 39.4 Å². The van der Waals surface area contributed by atoms with E-state index in [0.29, 0.717) is 29.3 Å². The minimum absolute atomic E-state index is 0.0159. The molecular formula is C26H30F2N8O. The Morgan fingerprint density at radius 1 is 1.14 bits per heavy atom.